The number of aromatic amines is 1. The van der Waals surface area contributed by atoms with E-state index in [0.717, 1.165) is 37.9 Å². The van der Waals surface area contributed by atoms with Crippen molar-refractivity contribution < 1.29 is 17.9 Å². The van der Waals surface area contributed by atoms with Crippen LogP contribution in [0.3, 0.4) is 0 Å². The quantitative estimate of drug-likeness (QED) is 0.561. The van der Waals surface area contributed by atoms with Crippen molar-refractivity contribution in [3.8, 4) is 5.75 Å². The summed E-state index contributed by atoms with van der Waals surface area (Å²) in [5.74, 6) is 0.981. The fraction of sp³-hybridized carbons (Fsp3) is 0.526. The lowest BCUT2D eigenvalue weighted by atomic mass is 10.2. The summed E-state index contributed by atoms with van der Waals surface area (Å²) < 4.78 is 32.7. The predicted molar refractivity (Wildman–Crippen MR) is 115 cm³/mol. The number of rotatable bonds is 9. The molecule has 1 aromatic heterocycles. The van der Waals surface area contributed by atoms with Gasteiger partial charge < -0.3 is 10.1 Å². The van der Waals surface area contributed by atoms with Crippen LogP contribution in [0.15, 0.2) is 28.3 Å². The van der Waals surface area contributed by atoms with Crippen LogP contribution < -0.4 is 10.1 Å². The van der Waals surface area contributed by atoms with E-state index in [4.69, 9.17) is 4.74 Å². The van der Waals surface area contributed by atoms with E-state index in [-0.39, 0.29) is 16.6 Å². The molecule has 1 aromatic carbocycles. The first-order valence-electron chi connectivity index (χ1n) is 9.96. The highest BCUT2D eigenvalue weighted by Gasteiger charge is 2.27. The third kappa shape index (κ3) is 5.52. The van der Waals surface area contributed by atoms with Gasteiger partial charge in [-0.15, -0.1) is 5.10 Å². The number of nitrogens with one attached hydrogen (secondary N) is 2. The van der Waals surface area contributed by atoms with Crippen molar-refractivity contribution in [2.24, 2.45) is 0 Å². The molecule has 9 nitrogen and oxygen atoms in total. The molecule has 0 unspecified atom stereocenters. The van der Waals surface area contributed by atoms with Gasteiger partial charge in [-0.1, -0.05) is 25.1 Å². The number of carbonyl (C=O) groups is 1. The first kappa shape index (κ1) is 22.6. The number of carbonyl (C=O) groups excluding carboxylic acids is 1. The second-order valence-electron chi connectivity index (χ2n) is 6.98. The largest absolute Gasteiger partial charge is 0.495 e. The molecule has 0 bridgehead atoms. The number of H-pyrrole nitrogens is 1. The average molecular weight is 454 g/mol. The van der Waals surface area contributed by atoms with Crippen molar-refractivity contribution in [2.45, 2.75) is 49.1 Å². The first-order valence-corrected chi connectivity index (χ1v) is 12.4. The molecule has 30 heavy (non-hydrogen) atoms. The molecule has 0 atom stereocenters. The monoisotopic (exact) mass is 453 g/mol. The number of benzene rings is 1. The van der Waals surface area contributed by atoms with Gasteiger partial charge in [0, 0.05) is 19.5 Å². The number of anilines is 1. The molecule has 3 rings (SSSR count). The number of hydrogen-bond donors (Lipinski definition) is 2. The second-order valence-corrected chi connectivity index (χ2v) is 9.86. The van der Waals surface area contributed by atoms with E-state index in [2.05, 4.69) is 27.4 Å². The summed E-state index contributed by atoms with van der Waals surface area (Å²) in [6.45, 7) is 3.09. The molecule has 1 saturated heterocycles. The minimum Gasteiger partial charge on any atom is -0.495 e. The van der Waals surface area contributed by atoms with Crippen LogP contribution in [-0.4, -0.2) is 59.8 Å². The first-order chi connectivity index (χ1) is 14.4. The minimum atomic E-state index is -3.61. The number of aryl methyl sites for hydroxylation is 1. The zero-order valence-corrected chi connectivity index (χ0v) is 18.8. The van der Waals surface area contributed by atoms with Crippen LogP contribution in [0, 0.1) is 0 Å². The van der Waals surface area contributed by atoms with Gasteiger partial charge >= 0.3 is 0 Å². The molecule has 164 valence electrons. The molecule has 2 aromatic rings. The average Bonchev–Trinajstić information content (AvgIpc) is 3.20. The highest BCUT2D eigenvalue weighted by atomic mass is 32.2. The molecule has 0 radical (unpaired) electrons. The van der Waals surface area contributed by atoms with E-state index < -0.39 is 10.0 Å². The Morgan fingerprint density at radius 2 is 2.07 bits per heavy atom. The van der Waals surface area contributed by atoms with Gasteiger partial charge in [0.2, 0.25) is 21.1 Å². The van der Waals surface area contributed by atoms with E-state index in [1.807, 2.05) is 0 Å². The molecule has 1 fully saturated rings. The van der Waals surface area contributed by atoms with E-state index in [1.54, 1.807) is 6.07 Å². The van der Waals surface area contributed by atoms with Gasteiger partial charge in [-0.25, -0.2) is 13.4 Å². The second kappa shape index (κ2) is 10.3. The lowest BCUT2D eigenvalue weighted by Gasteiger charge is -2.26. The van der Waals surface area contributed by atoms with Crippen molar-refractivity contribution in [2.75, 3.05) is 31.3 Å². The Balaban J connectivity index is 1.69. The fourth-order valence-electron chi connectivity index (χ4n) is 3.21. The summed E-state index contributed by atoms with van der Waals surface area (Å²) in [6.07, 6.45) is 4.51. The summed E-state index contributed by atoms with van der Waals surface area (Å²) >= 11 is 1.21. The van der Waals surface area contributed by atoms with Crippen molar-refractivity contribution >= 4 is 33.4 Å². The Morgan fingerprint density at radius 1 is 1.30 bits per heavy atom. The van der Waals surface area contributed by atoms with E-state index in [0.29, 0.717) is 29.7 Å². The number of piperidine rings is 1. The highest BCUT2D eigenvalue weighted by Crippen LogP contribution is 2.30. The Hall–Kier alpha value is -2.11. The number of hydrogen-bond acceptors (Lipinski definition) is 7. The molecule has 0 saturated carbocycles. The van der Waals surface area contributed by atoms with E-state index >= 15 is 0 Å². The van der Waals surface area contributed by atoms with Crippen LogP contribution in [0.4, 0.5) is 5.69 Å². The number of nitrogens with zero attached hydrogens (tertiary/aromatic N) is 3. The molecule has 11 heteroatoms. The van der Waals surface area contributed by atoms with Crippen molar-refractivity contribution in [1.82, 2.24) is 19.5 Å². The predicted octanol–water partition coefficient (Wildman–Crippen LogP) is 2.67. The van der Waals surface area contributed by atoms with Crippen LogP contribution in [0.25, 0.3) is 0 Å². The Bertz CT molecular complexity index is 971. The van der Waals surface area contributed by atoms with Gasteiger partial charge in [0.05, 0.1) is 23.4 Å². The maximum atomic E-state index is 12.9. The summed E-state index contributed by atoms with van der Waals surface area (Å²) in [5, 5.41) is 10.2. The number of sulfonamides is 1. The van der Waals surface area contributed by atoms with Gasteiger partial charge in [-0.05, 0) is 37.5 Å². The number of aromatic nitrogens is 3. The van der Waals surface area contributed by atoms with Gasteiger partial charge in [0.25, 0.3) is 0 Å². The summed E-state index contributed by atoms with van der Waals surface area (Å²) in [7, 11) is -2.13. The molecule has 1 aliphatic rings. The van der Waals surface area contributed by atoms with Crippen molar-refractivity contribution in [1.29, 1.82) is 0 Å². The van der Waals surface area contributed by atoms with Crippen LogP contribution in [0.1, 0.15) is 38.4 Å². The number of amides is 1. The summed E-state index contributed by atoms with van der Waals surface area (Å²) in [5.41, 5.74) is 0.322. The number of thioether (sulfide) groups is 1. The van der Waals surface area contributed by atoms with Gasteiger partial charge in [0.15, 0.2) is 0 Å². The summed E-state index contributed by atoms with van der Waals surface area (Å²) in [6, 6.07) is 4.53. The van der Waals surface area contributed by atoms with Gasteiger partial charge in [-0.3, -0.25) is 9.89 Å². The maximum Gasteiger partial charge on any atom is 0.243 e. The SMILES string of the molecule is CCCc1nc(SCC(=O)Nc2cc(S(=O)(=O)N3CCCCC3)ccc2OC)n[nH]1. The third-order valence-corrected chi connectivity index (χ3v) is 7.47. The molecular weight excluding hydrogens is 426 g/mol. The Morgan fingerprint density at radius 3 is 2.77 bits per heavy atom. The Labute approximate surface area is 181 Å². The highest BCUT2D eigenvalue weighted by molar-refractivity contribution is 7.99. The molecular formula is C19H27N5O4S2. The molecule has 1 amide bonds. The third-order valence-electron chi connectivity index (χ3n) is 4.73. The lowest BCUT2D eigenvalue weighted by Crippen LogP contribution is -2.35. The summed E-state index contributed by atoms with van der Waals surface area (Å²) in [4.78, 5) is 16.9. The topological polar surface area (TPSA) is 117 Å². The minimum absolute atomic E-state index is 0.0929. The zero-order valence-electron chi connectivity index (χ0n) is 17.2. The van der Waals surface area contributed by atoms with Crippen LogP contribution >= 0.6 is 11.8 Å². The lowest BCUT2D eigenvalue weighted by molar-refractivity contribution is -0.113. The van der Waals surface area contributed by atoms with Crippen LogP contribution in [0.2, 0.25) is 0 Å². The van der Waals surface area contributed by atoms with Crippen molar-refractivity contribution in [3.05, 3.63) is 24.0 Å². The zero-order chi connectivity index (χ0) is 21.6. The van der Waals surface area contributed by atoms with E-state index in [1.165, 1.54) is 35.3 Å². The smallest absolute Gasteiger partial charge is 0.243 e. The van der Waals surface area contributed by atoms with Gasteiger partial charge in [0.1, 0.15) is 11.6 Å². The molecule has 1 aliphatic heterocycles. The van der Waals surface area contributed by atoms with Gasteiger partial charge in [-0.2, -0.15) is 4.31 Å². The van der Waals surface area contributed by atoms with E-state index in [9.17, 15) is 13.2 Å². The van der Waals surface area contributed by atoms with Crippen molar-refractivity contribution in [3.63, 3.8) is 0 Å². The molecule has 2 heterocycles. The molecule has 2 N–H and O–H groups in total. The van der Waals surface area contributed by atoms with Crippen LogP contribution in [0.5, 0.6) is 5.75 Å². The molecule has 0 spiro atoms. The Kier molecular flexibility index (Phi) is 7.73. The number of ether oxygens (including phenoxy) is 1. The normalized spacial score (nSPS) is 15.1. The molecule has 0 aliphatic carbocycles. The fourth-order valence-corrected chi connectivity index (χ4v) is 5.37. The van der Waals surface area contributed by atoms with Crippen LogP contribution in [-0.2, 0) is 21.2 Å². The maximum absolute atomic E-state index is 12.9. The number of methoxy groups -OCH3 is 1. The standard InChI is InChI=1S/C19H27N5O4S2/c1-3-7-17-21-19(23-22-17)29-13-18(25)20-15-12-14(8-9-16(15)28-2)30(26,27)24-10-5-4-6-11-24/h8-9,12H,3-7,10-11,13H2,1-2H3,(H,20,25)(H,21,22,23).